The third-order valence-electron chi connectivity index (χ3n) is 4.49. The number of pyridine rings is 1. The van der Waals surface area contributed by atoms with Crippen molar-refractivity contribution in [3.8, 4) is 0 Å². The van der Waals surface area contributed by atoms with Crippen LogP contribution < -0.4 is 11.2 Å². The van der Waals surface area contributed by atoms with E-state index in [-0.39, 0.29) is 26.3 Å². The molecule has 0 N–H and O–H groups in total. The minimum absolute atomic E-state index is 0.0000661. The standard InChI is InChI=1S/C20H13Cl2N3O4S/c21-14-3-6-16(7-4-14)30(28,29)25-19(26)17-8-5-15(22)10-18(17)24(20(25)27)12-13-2-1-9-23-11-13/h1-11H,12H2. The van der Waals surface area contributed by atoms with E-state index in [1.165, 1.54) is 47.0 Å². The molecule has 0 aliphatic heterocycles. The van der Waals surface area contributed by atoms with Gasteiger partial charge in [0.05, 0.1) is 22.3 Å². The van der Waals surface area contributed by atoms with E-state index >= 15 is 0 Å². The van der Waals surface area contributed by atoms with Crippen LogP contribution in [0.1, 0.15) is 5.56 Å². The van der Waals surface area contributed by atoms with Crippen LogP contribution >= 0.6 is 23.2 Å². The van der Waals surface area contributed by atoms with Gasteiger partial charge in [0, 0.05) is 22.4 Å². The van der Waals surface area contributed by atoms with Crippen molar-refractivity contribution >= 4 is 44.1 Å². The van der Waals surface area contributed by atoms with Crippen molar-refractivity contribution in [2.75, 3.05) is 0 Å². The third-order valence-corrected chi connectivity index (χ3v) is 6.64. The normalized spacial score (nSPS) is 11.7. The van der Waals surface area contributed by atoms with Crippen LogP contribution in [0.4, 0.5) is 0 Å². The summed E-state index contributed by atoms with van der Waals surface area (Å²) < 4.78 is 27.8. The Kier molecular flexibility index (Phi) is 5.23. The minimum atomic E-state index is -4.47. The first kappa shape index (κ1) is 20.3. The van der Waals surface area contributed by atoms with E-state index in [1.807, 2.05) is 0 Å². The van der Waals surface area contributed by atoms with Crippen molar-refractivity contribution < 1.29 is 8.42 Å². The SMILES string of the molecule is O=c1c2ccc(Cl)cc2n(Cc2cccnc2)c(=O)n1S(=O)(=O)c1ccc(Cl)cc1. The molecule has 4 aromatic rings. The minimum Gasteiger partial charge on any atom is -0.288 e. The molecule has 0 unspecified atom stereocenters. The van der Waals surface area contributed by atoms with Crippen LogP contribution in [0.5, 0.6) is 0 Å². The highest BCUT2D eigenvalue weighted by Crippen LogP contribution is 2.19. The van der Waals surface area contributed by atoms with Crippen LogP contribution in [0.2, 0.25) is 10.0 Å². The van der Waals surface area contributed by atoms with Crippen LogP contribution in [0, 0.1) is 0 Å². The molecule has 0 atom stereocenters. The van der Waals surface area contributed by atoms with E-state index in [1.54, 1.807) is 24.5 Å². The number of aromatic nitrogens is 3. The molecule has 2 heterocycles. The monoisotopic (exact) mass is 461 g/mol. The van der Waals surface area contributed by atoms with Crippen LogP contribution in [0.3, 0.4) is 0 Å². The molecule has 0 bridgehead atoms. The number of rotatable bonds is 4. The molecule has 0 saturated heterocycles. The van der Waals surface area contributed by atoms with Gasteiger partial charge in [-0.1, -0.05) is 29.3 Å². The molecule has 7 nitrogen and oxygen atoms in total. The number of halogens is 2. The largest absolute Gasteiger partial charge is 0.346 e. The van der Waals surface area contributed by atoms with E-state index in [4.69, 9.17) is 23.2 Å². The lowest BCUT2D eigenvalue weighted by Gasteiger charge is -2.15. The van der Waals surface area contributed by atoms with Gasteiger partial charge in [0.25, 0.3) is 15.6 Å². The number of hydrogen-bond acceptors (Lipinski definition) is 5. The molecular weight excluding hydrogens is 449 g/mol. The number of benzene rings is 2. The number of nitrogens with zero attached hydrogens (tertiary/aromatic N) is 3. The van der Waals surface area contributed by atoms with E-state index in [0.29, 0.717) is 15.6 Å². The Morgan fingerprint density at radius 1 is 0.933 bits per heavy atom. The van der Waals surface area contributed by atoms with Crippen molar-refractivity contribution in [3.05, 3.63) is 103 Å². The first-order valence-corrected chi connectivity index (χ1v) is 10.8. The van der Waals surface area contributed by atoms with Crippen molar-refractivity contribution in [2.45, 2.75) is 11.4 Å². The van der Waals surface area contributed by atoms with Gasteiger partial charge >= 0.3 is 5.69 Å². The maximum absolute atomic E-state index is 13.3. The van der Waals surface area contributed by atoms with Crippen molar-refractivity contribution in [2.24, 2.45) is 0 Å². The zero-order valence-electron chi connectivity index (χ0n) is 15.2. The highest BCUT2D eigenvalue weighted by molar-refractivity contribution is 7.90. The highest BCUT2D eigenvalue weighted by Gasteiger charge is 2.25. The van der Waals surface area contributed by atoms with Gasteiger partial charge in [0.2, 0.25) is 0 Å². The van der Waals surface area contributed by atoms with E-state index in [9.17, 15) is 18.0 Å². The lowest BCUT2D eigenvalue weighted by atomic mass is 10.2. The molecule has 0 amide bonds. The van der Waals surface area contributed by atoms with Gasteiger partial charge in [-0.25, -0.2) is 13.2 Å². The highest BCUT2D eigenvalue weighted by atomic mass is 35.5. The average molecular weight is 462 g/mol. The lowest BCUT2D eigenvalue weighted by Crippen LogP contribution is -2.44. The van der Waals surface area contributed by atoms with Gasteiger partial charge in [-0.15, -0.1) is 3.97 Å². The van der Waals surface area contributed by atoms with Crippen LogP contribution in [-0.2, 0) is 16.6 Å². The Labute approximate surface area is 180 Å². The molecule has 4 rings (SSSR count). The summed E-state index contributed by atoms with van der Waals surface area (Å²) in [4.78, 5) is 30.1. The molecule has 0 spiro atoms. The molecule has 0 fully saturated rings. The van der Waals surface area contributed by atoms with Crippen molar-refractivity contribution in [1.82, 2.24) is 13.5 Å². The average Bonchev–Trinajstić information content (AvgIpc) is 2.72. The molecule has 0 aliphatic carbocycles. The molecule has 2 aromatic heterocycles. The molecule has 10 heteroatoms. The quantitative estimate of drug-likeness (QED) is 0.465. The summed E-state index contributed by atoms with van der Waals surface area (Å²) in [6, 6.07) is 13.0. The Morgan fingerprint density at radius 2 is 1.63 bits per heavy atom. The molecule has 30 heavy (non-hydrogen) atoms. The fraction of sp³-hybridized carbons (Fsp3) is 0.0500. The van der Waals surface area contributed by atoms with Gasteiger partial charge in [0.15, 0.2) is 0 Å². The molecular formula is C20H13Cl2N3O4S. The van der Waals surface area contributed by atoms with Crippen molar-refractivity contribution in [1.29, 1.82) is 0 Å². The van der Waals surface area contributed by atoms with Gasteiger partial charge in [-0.05, 0) is 54.1 Å². The summed E-state index contributed by atoms with van der Waals surface area (Å²) >= 11 is 11.9. The fourth-order valence-electron chi connectivity index (χ4n) is 3.07. The van der Waals surface area contributed by atoms with Gasteiger partial charge in [0.1, 0.15) is 0 Å². The van der Waals surface area contributed by atoms with E-state index in [2.05, 4.69) is 4.98 Å². The maximum atomic E-state index is 13.3. The Morgan fingerprint density at radius 3 is 2.30 bits per heavy atom. The predicted molar refractivity (Wildman–Crippen MR) is 115 cm³/mol. The van der Waals surface area contributed by atoms with Crippen molar-refractivity contribution in [3.63, 3.8) is 0 Å². The smallest absolute Gasteiger partial charge is 0.288 e. The summed E-state index contributed by atoms with van der Waals surface area (Å²) in [5.74, 6) is 0. The van der Waals surface area contributed by atoms with E-state index in [0.717, 1.165) is 0 Å². The molecule has 0 aliphatic rings. The summed E-state index contributed by atoms with van der Waals surface area (Å²) in [6.07, 6.45) is 3.12. The first-order valence-electron chi connectivity index (χ1n) is 8.64. The third kappa shape index (κ3) is 3.54. The molecule has 0 saturated carbocycles. The Balaban J connectivity index is 2.06. The summed E-state index contributed by atoms with van der Waals surface area (Å²) in [7, 11) is -4.47. The Bertz CT molecular complexity index is 1480. The van der Waals surface area contributed by atoms with Crippen LogP contribution in [0.25, 0.3) is 10.9 Å². The first-order chi connectivity index (χ1) is 14.3. The van der Waals surface area contributed by atoms with Crippen LogP contribution in [0.15, 0.2) is 81.5 Å². The van der Waals surface area contributed by atoms with Crippen LogP contribution in [-0.4, -0.2) is 21.9 Å². The Hall–Kier alpha value is -2.94. The summed E-state index contributed by atoms with van der Waals surface area (Å²) in [5, 5.41) is 0.670. The van der Waals surface area contributed by atoms with Gasteiger partial charge in [-0.2, -0.15) is 0 Å². The second-order valence-electron chi connectivity index (χ2n) is 6.42. The lowest BCUT2D eigenvalue weighted by molar-refractivity contribution is 0.577. The van der Waals surface area contributed by atoms with Gasteiger partial charge in [-0.3, -0.25) is 14.3 Å². The molecule has 0 radical (unpaired) electrons. The number of fused-ring (bicyclic) bond motifs is 1. The topological polar surface area (TPSA) is 91.0 Å². The fourth-order valence-corrected chi connectivity index (χ4v) is 4.67. The summed E-state index contributed by atoms with van der Waals surface area (Å²) in [5.41, 5.74) is -1.09. The summed E-state index contributed by atoms with van der Waals surface area (Å²) in [6.45, 7) is -0.0000661. The number of hydrogen-bond donors (Lipinski definition) is 0. The van der Waals surface area contributed by atoms with E-state index < -0.39 is 21.3 Å². The second-order valence-corrected chi connectivity index (χ2v) is 9.08. The molecule has 2 aromatic carbocycles. The molecule has 152 valence electrons. The second kappa shape index (κ2) is 7.71. The maximum Gasteiger partial charge on any atom is 0.346 e. The zero-order chi connectivity index (χ0) is 21.5. The zero-order valence-corrected chi connectivity index (χ0v) is 17.5. The predicted octanol–water partition coefficient (Wildman–Crippen LogP) is 3.15. The van der Waals surface area contributed by atoms with Gasteiger partial charge < -0.3 is 0 Å².